The van der Waals surface area contributed by atoms with Gasteiger partial charge in [-0.15, -0.1) is 0 Å². The fourth-order valence-corrected chi connectivity index (χ4v) is 8.60. The second kappa shape index (κ2) is 14.3. The molecule has 4 aromatic heterocycles. The lowest BCUT2D eigenvalue weighted by Crippen LogP contribution is -2.38. The van der Waals surface area contributed by atoms with E-state index in [4.69, 9.17) is 11.6 Å². The molecule has 2 N–H and O–H groups in total. The standard InChI is InChI=1S/C36H28ClF9N10O4S/c1-53-23(12-24(49-53)36(44,45)46)20-11-26(58)56(22-5-4-19(37)28-30(22)54(2)51-33(28)52-61(3,59)60)34(48-20)21(8-14-6-15(38)9-16(39)7-14)47-25(57)13-55-31-27(29(50-55)32(40)41)17-10-18(17)35(31,42)43/h4-7,9,11-12,17-18,21,32H,8,10,13H2,1-3H3,(H,47,57)(H,51,52)/t17-,18+,21-/m0/s1. The summed E-state index contributed by atoms with van der Waals surface area (Å²) in [7, 11) is -1.51. The number of aromatic nitrogens is 8. The van der Waals surface area contributed by atoms with Crippen LogP contribution in [0.15, 0.2) is 47.3 Å². The summed E-state index contributed by atoms with van der Waals surface area (Å²) in [5, 5.41) is 13.7. The fraction of sp³-hybridized carbons (Fsp3) is 0.333. The van der Waals surface area contributed by atoms with Crippen molar-refractivity contribution in [1.29, 1.82) is 0 Å². The molecule has 1 amide bonds. The topological polar surface area (TPSA) is 164 Å². The normalized spacial score (nSPS) is 17.5. The van der Waals surface area contributed by atoms with E-state index in [2.05, 4.69) is 30.3 Å². The molecule has 2 aliphatic rings. The molecule has 61 heavy (non-hydrogen) atoms. The van der Waals surface area contributed by atoms with E-state index in [1.165, 1.54) is 19.2 Å². The predicted molar refractivity (Wildman–Crippen MR) is 198 cm³/mol. The number of carbonyl (C=O) groups is 1. The molecule has 14 nitrogen and oxygen atoms in total. The molecule has 322 valence electrons. The molecule has 1 fully saturated rings. The van der Waals surface area contributed by atoms with Gasteiger partial charge in [0, 0.05) is 44.1 Å². The van der Waals surface area contributed by atoms with Crippen LogP contribution in [0.3, 0.4) is 0 Å². The van der Waals surface area contributed by atoms with Crippen LogP contribution in [0.1, 0.15) is 58.8 Å². The van der Waals surface area contributed by atoms with Crippen molar-refractivity contribution >= 4 is 44.3 Å². The molecule has 0 radical (unpaired) electrons. The Hall–Kier alpha value is -5.91. The highest BCUT2D eigenvalue weighted by Crippen LogP contribution is 2.68. The van der Waals surface area contributed by atoms with Crippen LogP contribution in [0.5, 0.6) is 0 Å². The second-order valence-electron chi connectivity index (χ2n) is 14.6. The number of benzene rings is 2. The first-order valence-corrected chi connectivity index (χ1v) is 20.1. The summed E-state index contributed by atoms with van der Waals surface area (Å²) in [6.07, 6.45) is -8.10. The number of amides is 1. The zero-order valence-corrected chi connectivity index (χ0v) is 32.9. The van der Waals surface area contributed by atoms with Crippen LogP contribution < -0.4 is 15.6 Å². The summed E-state index contributed by atoms with van der Waals surface area (Å²) in [5.74, 6) is -9.98. The van der Waals surface area contributed by atoms with Gasteiger partial charge in [-0.3, -0.25) is 32.9 Å². The zero-order valence-electron chi connectivity index (χ0n) is 31.4. The molecule has 1 saturated carbocycles. The number of hydrogen-bond donors (Lipinski definition) is 2. The zero-order chi connectivity index (χ0) is 44.2. The first-order chi connectivity index (χ1) is 28.4. The number of hydrogen-bond acceptors (Lipinski definition) is 8. The van der Waals surface area contributed by atoms with E-state index in [0.29, 0.717) is 16.8 Å². The minimum atomic E-state index is -4.95. The third-order valence-corrected chi connectivity index (χ3v) is 11.2. The largest absolute Gasteiger partial charge is 0.435 e. The maximum Gasteiger partial charge on any atom is 0.435 e. The molecular formula is C36H28ClF9N10O4S. The number of sulfonamides is 1. The van der Waals surface area contributed by atoms with Crippen molar-refractivity contribution < 1.29 is 52.7 Å². The van der Waals surface area contributed by atoms with Crippen molar-refractivity contribution in [3.63, 3.8) is 0 Å². The molecule has 25 heteroatoms. The van der Waals surface area contributed by atoms with E-state index in [1.807, 2.05) is 0 Å². The van der Waals surface area contributed by atoms with Gasteiger partial charge >= 0.3 is 6.18 Å². The molecule has 3 atom stereocenters. The van der Waals surface area contributed by atoms with Crippen molar-refractivity contribution in [2.45, 2.75) is 49.9 Å². The van der Waals surface area contributed by atoms with Gasteiger partial charge in [0.1, 0.15) is 35.4 Å². The lowest BCUT2D eigenvalue weighted by Gasteiger charge is -2.24. The van der Waals surface area contributed by atoms with E-state index in [0.717, 1.165) is 45.4 Å². The SMILES string of the molecule is Cn1nc(C(F)(F)F)cc1-c1cc(=O)n(-c2ccc(Cl)c3c(NS(C)(=O)=O)nn(C)c23)c([C@H](Cc2cc(F)cc(F)c2)NC(=O)Cn2nc(C(F)F)c3c2C(F)(F)[C@@H]2C[C@H]32)n1. The third kappa shape index (κ3) is 7.48. The first-order valence-electron chi connectivity index (χ1n) is 17.8. The number of nitrogens with zero attached hydrogens (tertiary/aromatic N) is 8. The molecule has 2 aliphatic carbocycles. The Bertz CT molecular complexity index is 2960. The second-order valence-corrected chi connectivity index (χ2v) is 16.8. The number of carbonyl (C=O) groups excluding carboxylic acids is 1. The number of nitrogens with one attached hydrogen (secondary N) is 2. The van der Waals surface area contributed by atoms with Crippen molar-refractivity contribution in [3.8, 4) is 17.1 Å². The van der Waals surface area contributed by atoms with E-state index < -0.39 is 111 Å². The first kappa shape index (κ1) is 41.8. The van der Waals surface area contributed by atoms with E-state index in [-0.39, 0.29) is 50.7 Å². The van der Waals surface area contributed by atoms with Gasteiger partial charge in [0.15, 0.2) is 11.5 Å². The Kier molecular flexibility index (Phi) is 9.83. The third-order valence-electron chi connectivity index (χ3n) is 10.3. The number of fused-ring (bicyclic) bond motifs is 4. The number of alkyl halides is 7. The highest BCUT2D eigenvalue weighted by Gasteiger charge is 2.67. The van der Waals surface area contributed by atoms with Gasteiger partial charge in [-0.2, -0.15) is 37.2 Å². The highest BCUT2D eigenvalue weighted by molar-refractivity contribution is 7.92. The summed E-state index contributed by atoms with van der Waals surface area (Å²) in [6.45, 7) is -1.11. The summed E-state index contributed by atoms with van der Waals surface area (Å²) >= 11 is 6.51. The lowest BCUT2D eigenvalue weighted by atomic mass is 10.0. The predicted octanol–water partition coefficient (Wildman–Crippen LogP) is 6.28. The van der Waals surface area contributed by atoms with Gasteiger partial charge < -0.3 is 5.32 Å². The number of rotatable bonds is 11. The van der Waals surface area contributed by atoms with Crippen molar-refractivity contribution in [2.24, 2.45) is 20.0 Å². The lowest BCUT2D eigenvalue weighted by molar-refractivity contribution is -0.141. The van der Waals surface area contributed by atoms with Gasteiger partial charge in [0.2, 0.25) is 15.9 Å². The number of anilines is 1. The van der Waals surface area contributed by atoms with Crippen LogP contribution in [-0.4, -0.2) is 59.5 Å². The summed E-state index contributed by atoms with van der Waals surface area (Å²) in [6, 6.07) is 4.42. The Morgan fingerprint density at radius 3 is 2.33 bits per heavy atom. The van der Waals surface area contributed by atoms with Crippen molar-refractivity contribution in [2.75, 3.05) is 11.0 Å². The van der Waals surface area contributed by atoms with E-state index >= 15 is 8.78 Å². The summed E-state index contributed by atoms with van der Waals surface area (Å²) in [4.78, 5) is 33.0. The van der Waals surface area contributed by atoms with Gasteiger partial charge in [-0.05, 0) is 48.2 Å². The van der Waals surface area contributed by atoms with Gasteiger partial charge in [-0.25, -0.2) is 31.0 Å². The summed E-state index contributed by atoms with van der Waals surface area (Å²) < 4.78 is 160. The van der Waals surface area contributed by atoms with Crippen LogP contribution in [0.25, 0.3) is 28.0 Å². The van der Waals surface area contributed by atoms with Gasteiger partial charge in [-0.1, -0.05) is 11.6 Å². The Labute approximate surface area is 342 Å². The molecule has 2 aromatic carbocycles. The van der Waals surface area contributed by atoms with Gasteiger partial charge in [0.05, 0.1) is 45.3 Å². The molecule has 8 rings (SSSR count). The fourth-order valence-electron chi connectivity index (χ4n) is 7.86. The molecule has 4 heterocycles. The molecular weight excluding hydrogens is 875 g/mol. The van der Waals surface area contributed by atoms with Crippen LogP contribution in [0.4, 0.5) is 45.3 Å². The Morgan fingerprint density at radius 1 is 1.02 bits per heavy atom. The van der Waals surface area contributed by atoms with E-state index in [9.17, 15) is 48.7 Å². The van der Waals surface area contributed by atoms with Crippen LogP contribution in [0.2, 0.25) is 5.02 Å². The van der Waals surface area contributed by atoms with Gasteiger partial charge in [0.25, 0.3) is 17.9 Å². The molecule has 0 spiro atoms. The minimum Gasteiger partial charge on any atom is -0.344 e. The van der Waals surface area contributed by atoms with Crippen molar-refractivity contribution in [3.05, 3.63) is 104 Å². The van der Waals surface area contributed by atoms with Crippen molar-refractivity contribution in [1.82, 2.24) is 44.2 Å². The maximum absolute atomic E-state index is 15.4. The van der Waals surface area contributed by atoms with Crippen LogP contribution >= 0.6 is 11.6 Å². The average molecular weight is 903 g/mol. The summed E-state index contributed by atoms with van der Waals surface area (Å²) in [5.41, 5.74) is -5.79. The monoisotopic (exact) mass is 902 g/mol. The highest BCUT2D eigenvalue weighted by atomic mass is 35.5. The molecule has 0 saturated heterocycles. The Morgan fingerprint density at radius 2 is 1.70 bits per heavy atom. The minimum absolute atomic E-state index is 0.0363. The number of aryl methyl sites for hydroxylation is 2. The average Bonchev–Trinajstić information content (AvgIpc) is 3.40. The van der Waals surface area contributed by atoms with Crippen LogP contribution in [-0.2, 0) is 54.0 Å². The van der Waals surface area contributed by atoms with E-state index in [1.54, 1.807) is 0 Å². The molecule has 0 unspecified atom stereocenters. The number of halogens is 10. The van der Waals surface area contributed by atoms with Crippen LogP contribution in [0, 0.1) is 17.6 Å². The quantitative estimate of drug-likeness (QED) is 0.144. The Balaban J connectivity index is 1.34. The smallest absolute Gasteiger partial charge is 0.344 e. The maximum atomic E-state index is 15.4. The molecule has 0 aliphatic heterocycles. The molecule has 6 aromatic rings. The molecule has 0 bridgehead atoms.